The van der Waals surface area contributed by atoms with Gasteiger partial charge in [-0.15, -0.1) is 0 Å². The molecule has 0 N–H and O–H groups in total. The maximum Gasteiger partial charge on any atom is 0.168 e. The summed E-state index contributed by atoms with van der Waals surface area (Å²) in [5.41, 5.74) is 0. The van der Waals surface area contributed by atoms with E-state index in [4.69, 9.17) is 4.11 Å². The fourth-order valence-electron chi connectivity index (χ4n) is 0.170. The van der Waals surface area contributed by atoms with E-state index in [-0.39, 0.29) is 23.0 Å². The highest BCUT2D eigenvalue weighted by Gasteiger charge is 1.78. The van der Waals surface area contributed by atoms with E-state index in [9.17, 15) is 0 Å². The molecule has 0 aliphatic heterocycles. The van der Waals surface area contributed by atoms with Gasteiger partial charge < -0.3 is 4.42 Å². The highest BCUT2D eigenvalue weighted by Crippen LogP contribution is 2.06. The Morgan fingerprint density at radius 3 is 3.00 bits per heavy atom. The molecule has 0 saturated heterocycles. The van der Waals surface area contributed by atoms with Crippen molar-refractivity contribution in [3.05, 3.63) is 23.0 Å². The highest BCUT2D eigenvalue weighted by atomic mass is 79.9. The Bertz CT molecular complexity index is 209. The third kappa shape index (κ3) is 0.627. The first-order chi connectivity index (χ1) is 4.13. The Morgan fingerprint density at radius 1 is 2.00 bits per heavy atom. The van der Waals surface area contributed by atoms with Crippen LogP contribution in [0.2, 0.25) is 0 Å². The second-order valence-electron chi connectivity index (χ2n) is 0.728. The molecule has 2 heteroatoms. The van der Waals surface area contributed by atoms with Crippen LogP contribution < -0.4 is 0 Å². The minimum Gasteiger partial charge on any atom is -0.458 e. The number of halogens is 1. The van der Waals surface area contributed by atoms with Gasteiger partial charge in [0.25, 0.3) is 0 Å². The molecule has 1 nitrogen and oxygen atoms in total. The molecule has 0 radical (unpaired) electrons. The summed E-state index contributed by atoms with van der Waals surface area (Å²) in [5.74, 6) is 0. The predicted octanol–water partition coefficient (Wildman–Crippen LogP) is 2.04. The average Bonchev–Trinajstić information content (AvgIpc) is 1.98. The van der Waals surface area contributed by atoms with Crippen molar-refractivity contribution in [2.75, 3.05) is 0 Å². The first-order valence-electron chi connectivity index (χ1n) is 2.85. The highest BCUT2D eigenvalue weighted by molar-refractivity contribution is 9.10. The fourth-order valence-corrected chi connectivity index (χ4v) is 0.351. The van der Waals surface area contributed by atoms with Crippen molar-refractivity contribution >= 4 is 15.9 Å². The van der Waals surface area contributed by atoms with Gasteiger partial charge in [0.1, 0.15) is 1.37 Å². The van der Waals surface area contributed by atoms with Crippen LogP contribution >= 0.6 is 15.9 Å². The summed E-state index contributed by atoms with van der Waals surface area (Å²) in [6, 6.07) is -0.248. The molecular weight excluding hydrogens is 144 g/mol. The van der Waals surface area contributed by atoms with Crippen LogP contribution in [-0.4, -0.2) is 0 Å². The number of hydrogen-bond acceptors (Lipinski definition) is 1. The van der Waals surface area contributed by atoms with Crippen LogP contribution in [-0.2, 0) is 0 Å². The van der Waals surface area contributed by atoms with Gasteiger partial charge in [-0.25, -0.2) is 0 Å². The zero-order valence-corrected chi connectivity index (χ0v) is 4.37. The second kappa shape index (κ2) is 1.47. The zero-order chi connectivity index (χ0) is 7.02. The SMILES string of the molecule is [2H]c1oc(Br)c([2H])c1[2H]. The molecule has 0 spiro atoms. The van der Waals surface area contributed by atoms with Gasteiger partial charge in [-0.05, 0) is 28.0 Å². The molecule has 0 aromatic carbocycles. The van der Waals surface area contributed by atoms with E-state index < -0.39 is 0 Å². The van der Waals surface area contributed by atoms with Crippen LogP contribution in [0.5, 0.6) is 0 Å². The van der Waals surface area contributed by atoms with Gasteiger partial charge in [0.2, 0.25) is 0 Å². The molecule has 0 aliphatic carbocycles. The van der Waals surface area contributed by atoms with Crippen LogP contribution in [0.3, 0.4) is 0 Å². The normalized spacial score (nSPS) is 15.8. The molecule has 0 aliphatic rings. The molecule has 0 amide bonds. The van der Waals surface area contributed by atoms with E-state index in [1.165, 1.54) is 0 Å². The molecule has 1 rings (SSSR count). The standard InChI is InChI=1S/C4H3BrO/c5-4-2-1-3-6-4/h1-3H/i1D,2D,3D. The molecule has 0 unspecified atom stereocenters. The molecule has 0 fully saturated rings. The van der Waals surface area contributed by atoms with E-state index >= 15 is 0 Å². The smallest absolute Gasteiger partial charge is 0.168 e. The Labute approximate surface area is 48.3 Å². The van der Waals surface area contributed by atoms with Crippen molar-refractivity contribution in [2.24, 2.45) is 0 Å². The lowest BCUT2D eigenvalue weighted by atomic mass is 10.7. The predicted molar refractivity (Wildman–Crippen MR) is 26.4 cm³/mol. The van der Waals surface area contributed by atoms with Crippen molar-refractivity contribution in [3.63, 3.8) is 0 Å². The average molecular weight is 150 g/mol. The van der Waals surface area contributed by atoms with Crippen molar-refractivity contribution < 1.29 is 8.53 Å². The van der Waals surface area contributed by atoms with Crippen molar-refractivity contribution in [2.45, 2.75) is 0 Å². The molecule has 32 valence electrons. The van der Waals surface area contributed by atoms with E-state index in [0.717, 1.165) is 0 Å². The molecule has 0 saturated carbocycles. The largest absolute Gasteiger partial charge is 0.458 e. The minimum absolute atomic E-state index is 0.0694. The summed E-state index contributed by atoms with van der Waals surface area (Å²) in [5, 5.41) is 0. The first-order valence-corrected chi connectivity index (χ1v) is 2.14. The Balaban J connectivity index is 3.29. The van der Waals surface area contributed by atoms with Crippen LogP contribution in [0.4, 0.5) is 0 Å². The first kappa shape index (κ1) is 1.70. The molecular formula is C4H3BrO. The van der Waals surface area contributed by atoms with E-state index in [2.05, 4.69) is 20.3 Å². The summed E-state index contributed by atoms with van der Waals surface area (Å²) < 4.78 is 25.6. The van der Waals surface area contributed by atoms with E-state index in [0.29, 0.717) is 0 Å². The number of furan rings is 1. The van der Waals surface area contributed by atoms with Crippen LogP contribution in [0, 0.1) is 0 Å². The molecule has 0 atom stereocenters. The van der Waals surface area contributed by atoms with E-state index in [1.807, 2.05) is 0 Å². The van der Waals surface area contributed by atoms with Gasteiger partial charge in [0, 0.05) is 0 Å². The van der Waals surface area contributed by atoms with Gasteiger partial charge in [-0.3, -0.25) is 0 Å². The third-order valence-electron chi connectivity index (χ3n) is 0.352. The summed E-state index contributed by atoms with van der Waals surface area (Å²) in [6.07, 6.45) is -0.271. The lowest BCUT2D eigenvalue weighted by molar-refractivity contribution is 0.541. The lowest BCUT2D eigenvalue weighted by Gasteiger charge is -1.66. The minimum atomic E-state index is -0.271. The van der Waals surface area contributed by atoms with Crippen LogP contribution in [0.15, 0.2) is 27.4 Å². The van der Waals surface area contributed by atoms with Gasteiger partial charge in [-0.1, -0.05) is 0 Å². The van der Waals surface area contributed by atoms with Crippen molar-refractivity contribution in [3.8, 4) is 0 Å². The van der Waals surface area contributed by atoms with Crippen LogP contribution in [0.25, 0.3) is 0 Å². The Hall–Kier alpha value is -0.240. The van der Waals surface area contributed by atoms with Crippen molar-refractivity contribution in [1.29, 1.82) is 0 Å². The quantitative estimate of drug-likeness (QED) is 0.551. The van der Waals surface area contributed by atoms with Gasteiger partial charge in [0.15, 0.2) is 4.67 Å². The number of rotatable bonds is 0. The second-order valence-corrected chi connectivity index (χ2v) is 1.45. The molecule has 1 aromatic rings. The number of hydrogen-bond donors (Lipinski definition) is 0. The van der Waals surface area contributed by atoms with Crippen molar-refractivity contribution in [1.82, 2.24) is 0 Å². The maximum absolute atomic E-state index is 7.02. The molecule has 1 heterocycles. The van der Waals surface area contributed by atoms with E-state index in [1.54, 1.807) is 0 Å². The molecule has 0 bridgehead atoms. The lowest BCUT2D eigenvalue weighted by Crippen LogP contribution is -1.35. The summed E-state index contributed by atoms with van der Waals surface area (Å²) in [7, 11) is 0. The van der Waals surface area contributed by atoms with Gasteiger partial charge in [0.05, 0.1) is 8.98 Å². The summed E-state index contributed by atoms with van der Waals surface area (Å²) in [6.45, 7) is 0. The Morgan fingerprint density at radius 2 is 2.83 bits per heavy atom. The zero-order valence-electron chi connectivity index (χ0n) is 5.79. The molecule has 6 heavy (non-hydrogen) atoms. The van der Waals surface area contributed by atoms with Crippen LogP contribution in [0.1, 0.15) is 4.11 Å². The summed E-state index contributed by atoms with van der Waals surface area (Å²) in [4.78, 5) is 0. The topological polar surface area (TPSA) is 13.1 Å². The molecule has 1 aromatic heterocycles. The fraction of sp³-hybridized carbons (Fsp3) is 0. The monoisotopic (exact) mass is 149 g/mol. The third-order valence-corrected chi connectivity index (χ3v) is 0.713. The van der Waals surface area contributed by atoms with Gasteiger partial charge in [-0.2, -0.15) is 0 Å². The Kier molecular flexibility index (Phi) is 0.417. The summed E-state index contributed by atoms with van der Waals surface area (Å²) >= 11 is 2.87. The maximum atomic E-state index is 7.02. The van der Waals surface area contributed by atoms with Gasteiger partial charge >= 0.3 is 0 Å².